The quantitative estimate of drug-likeness (QED) is 0.514. The highest BCUT2D eigenvalue weighted by Crippen LogP contribution is 2.24. The largest absolute Gasteiger partial charge is 0.466 e. The van der Waals surface area contributed by atoms with Crippen LogP contribution >= 0.6 is 0 Å². The molecule has 0 saturated carbocycles. The summed E-state index contributed by atoms with van der Waals surface area (Å²) < 4.78 is 5.33. The molecule has 2 aromatic rings. The molecule has 154 valence electrons. The minimum Gasteiger partial charge on any atom is -0.466 e. The van der Waals surface area contributed by atoms with Crippen molar-refractivity contribution in [3.63, 3.8) is 0 Å². The highest BCUT2D eigenvalue weighted by molar-refractivity contribution is 5.80. The van der Waals surface area contributed by atoms with Crippen molar-refractivity contribution < 1.29 is 9.52 Å². The molecule has 3 N–H and O–H groups in total. The first-order valence-corrected chi connectivity index (χ1v) is 10.1. The number of para-hydroxylation sites is 1. The topological polar surface area (TPSA) is 96.8 Å². The van der Waals surface area contributed by atoms with E-state index in [1.165, 1.54) is 0 Å². The van der Waals surface area contributed by atoms with Gasteiger partial charge in [-0.2, -0.15) is 5.26 Å². The number of piperidine rings is 1. The van der Waals surface area contributed by atoms with E-state index in [2.05, 4.69) is 26.6 Å². The van der Waals surface area contributed by atoms with Gasteiger partial charge < -0.3 is 25.1 Å². The number of nitrogens with one attached hydrogen (secondary N) is 2. The SMILES string of the molecule is CCNC(=NCC(C)(O)c1ccco1)NC1CCCN(c2ccccc2C#N)C1. The fourth-order valence-electron chi connectivity index (χ4n) is 3.57. The normalized spacial score (nSPS) is 19.3. The maximum absolute atomic E-state index is 10.7. The number of aliphatic imine (C=N–C) groups is 1. The van der Waals surface area contributed by atoms with Crippen LogP contribution in [0, 0.1) is 11.3 Å². The smallest absolute Gasteiger partial charge is 0.191 e. The van der Waals surface area contributed by atoms with E-state index in [1.54, 1.807) is 25.3 Å². The molecule has 2 atom stereocenters. The van der Waals surface area contributed by atoms with Crippen LogP contribution in [-0.2, 0) is 5.60 Å². The van der Waals surface area contributed by atoms with Gasteiger partial charge in [0.2, 0.25) is 0 Å². The van der Waals surface area contributed by atoms with Crippen LogP contribution in [0.5, 0.6) is 0 Å². The zero-order valence-corrected chi connectivity index (χ0v) is 17.1. The van der Waals surface area contributed by atoms with E-state index < -0.39 is 5.60 Å². The molecule has 1 aliphatic heterocycles. The molecule has 3 rings (SSSR count). The first-order chi connectivity index (χ1) is 14.0. The summed E-state index contributed by atoms with van der Waals surface area (Å²) in [7, 11) is 0. The predicted molar refractivity (Wildman–Crippen MR) is 114 cm³/mol. The summed E-state index contributed by atoms with van der Waals surface area (Å²) in [6.07, 6.45) is 3.60. The van der Waals surface area contributed by atoms with E-state index in [1.807, 2.05) is 31.2 Å². The maximum atomic E-state index is 10.7. The molecular weight excluding hydrogens is 366 g/mol. The molecule has 0 bridgehead atoms. The molecule has 2 heterocycles. The van der Waals surface area contributed by atoms with E-state index in [9.17, 15) is 10.4 Å². The first-order valence-electron chi connectivity index (χ1n) is 10.1. The number of anilines is 1. The zero-order valence-electron chi connectivity index (χ0n) is 17.1. The number of nitrogens with zero attached hydrogens (tertiary/aromatic N) is 3. The molecule has 7 heteroatoms. The van der Waals surface area contributed by atoms with Crippen molar-refractivity contribution in [2.45, 2.75) is 38.3 Å². The predicted octanol–water partition coefficient (Wildman–Crippen LogP) is 2.58. The van der Waals surface area contributed by atoms with Gasteiger partial charge in [0, 0.05) is 25.7 Å². The fraction of sp³-hybridized carbons (Fsp3) is 0.455. The third kappa shape index (κ3) is 5.30. The van der Waals surface area contributed by atoms with Crippen molar-refractivity contribution in [2.24, 2.45) is 4.99 Å². The van der Waals surface area contributed by atoms with Gasteiger partial charge in [0.15, 0.2) is 5.96 Å². The summed E-state index contributed by atoms with van der Waals surface area (Å²) in [5.74, 6) is 1.16. The third-order valence-corrected chi connectivity index (χ3v) is 5.07. The minimum absolute atomic E-state index is 0.184. The Morgan fingerprint density at radius 3 is 2.93 bits per heavy atom. The number of aliphatic hydroxyl groups is 1. The van der Waals surface area contributed by atoms with Crippen molar-refractivity contribution in [1.29, 1.82) is 5.26 Å². The Hall–Kier alpha value is -2.98. The van der Waals surface area contributed by atoms with Gasteiger partial charge >= 0.3 is 0 Å². The van der Waals surface area contributed by atoms with E-state index in [4.69, 9.17) is 4.42 Å². The lowest BCUT2D eigenvalue weighted by Gasteiger charge is -2.36. The molecule has 0 radical (unpaired) electrons. The molecule has 1 saturated heterocycles. The second-order valence-corrected chi connectivity index (χ2v) is 7.50. The summed E-state index contributed by atoms with van der Waals surface area (Å²) in [6, 6.07) is 13.7. The summed E-state index contributed by atoms with van der Waals surface area (Å²) >= 11 is 0. The van der Waals surface area contributed by atoms with Gasteiger partial charge in [0.25, 0.3) is 0 Å². The lowest BCUT2D eigenvalue weighted by atomic mass is 10.0. The van der Waals surface area contributed by atoms with Gasteiger partial charge in [0.1, 0.15) is 17.4 Å². The number of benzene rings is 1. The van der Waals surface area contributed by atoms with Crippen LogP contribution in [0.4, 0.5) is 5.69 Å². The molecule has 7 nitrogen and oxygen atoms in total. The summed E-state index contributed by atoms with van der Waals surface area (Å²) in [5.41, 5.74) is 0.503. The molecule has 0 aliphatic carbocycles. The van der Waals surface area contributed by atoms with Crippen LogP contribution in [0.15, 0.2) is 52.1 Å². The Balaban J connectivity index is 1.67. The van der Waals surface area contributed by atoms with Gasteiger partial charge in [0.05, 0.1) is 24.1 Å². The highest BCUT2D eigenvalue weighted by Gasteiger charge is 2.27. The Morgan fingerprint density at radius 2 is 2.21 bits per heavy atom. The van der Waals surface area contributed by atoms with E-state index >= 15 is 0 Å². The maximum Gasteiger partial charge on any atom is 0.191 e. The Morgan fingerprint density at radius 1 is 1.38 bits per heavy atom. The van der Waals surface area contributed by atoms with E-state index in [-0.39, 0.29) is 12.6 Å². The number of rotatable bonds is 6. The zero-order chi connectivity index (χ0) is 20.7. The second-order valence-electron chi connectivity index (χ2n) is 7.50. The number of guanidine groups is 1. The molecule has 0 spiro atoms. The number of nitriles is 1. The summed E-state index contributed by atoms with van der Waals surface area (Å²) in [4.78, 5) is 6.83. The molecule has 1 aliphatic rings. The van der Waals surface area contributed by atoms with Gasteiger partial charge in [-0.1, -0.05) is 12.1 Å². The lowest BCUT2D eigenvalue weighted by molar-refractivity contribution is 0.0436. The lowest BCUT2D eigenvalue weighted by Crippen LogP contribution is -2.51. The third-order valence-electron chi connectivity index (χ3n) is 5.07. The van der Waals surface area contributed by atoms with Gasteiger partial charge in [-0.25, -0.2) is 4.99 Å². The molecule has 0 amide bonds. The number of hydrogen-bond donors (Lipinski definition) is 3. The van der Waals surface area contributed by atoms with Crippen LogP contribution in [0.1, 0.15) is 38.0 Å². The van der Waals surface area contributed by atoms with Crippen LogP contribution in [-0.4, -0.2) is 43.3 Å². The highest BCUT2D eigenvalue weighted by atomic mass is 16.4. The van der Waals surface area contributed by atoms with Gasteiger partial charge in [-0.15, -0.1) is 0 Å². The fourth-order valence-corrected chi connectivity index (χ4v) is 3.57. The van der Waals surface area contributed by atoms with Crippen LogP contribution in [0.2, 0.25) is 0 Å². The van der Waals surface area contributed by atoms with E-state index in [0.717, 1.165) is 38.2 Å². The monoisotopic (exact) mass is 395 g/mol. The van der Waals surface area contributed by atoms with Gasteiger partial charge in [-0.05, 0) is 51.0 Å². The van der Waals surface area contributed by atoms with Crippen molar-refractivity contribution >= 4 is 11.6 Å². The van der Waals surface area contributed by atoms with E-state index in [0.29, 0.717) is 17.3 Å². The second kappa shape index (κ2) is 9.48. The Bertz CT molecular complexity index is 854. The molecule has 29 heavy (non-hydrogen) atoms. The number of furan rings is 1. The van der Waals surface area contributed by atoms with Gasteiger partial charge in [-0.3, -0.25) is 0 Å². The average molecular weight is 396 g/mol. The average Bonchev–Trinajstić information content (AvgIpc) is 3.28. The number of hydrogen-bond acceptors (Lipinski definition) is 5. The first kappa shape index (κ1) is 20.7. The van der Waals surface area contributed by atoms with Crippen LogP contribution < -0.4 is 15.5 Å². The molecule has 1 aromatic heterocycles. The minimum atomic E-state index is -1.17. The van der Waals surface area contributed by atoms with Crippen molar-refractivity contribution in [1.82, 2.24) is 10.6 Å². The van der Waals surface area contributed by atoms with Crippen LogP contribution in [0.25, 0.3) is 0 Å². The summed E-state index contributed by atoms with van der Waals surface area (Å²) in [5, 5.41) is 26.8. The van der Waals surface area contributed by atoms with Crippen LogP contribution in [0.3, 0.4) is 0 Å². The Labute approximate surface area is 172 Å². The van der Waals surface area contributed by atoms with Crippen molar-refractivity contribution in [3.8, 4) is 6.07 Å². The van der Waals surface area contributed by atoms with Crippen molar-refractivity contribution in [2.75, 3.05) is 31.1 Å². The molecule has 1 fully saturated rings. The molecular formula is C22H29N5O2. The molecule has 1 aromatic carbocycles. The van der Waals surface area contributed by atoms with Crippen molar-refractivity contribution in [3.05, 3.63) is 54.0 Å². The summed E-state index contributed by atoms with van der Waals surface area (Å²) in [6.45, 7) is 6.33. The molecule has 2 unspecified atom stereocenters. The Kier molecular flexibility index (Phi) is 6.78. The standard InChI is InChI=1S/C22H29N5O2/c1-3-24-21(25-16-22(2,28)20-11-7-13-29-20)26-18-9-6-12-27(15-18)19-10-5-4-8-17(19)14-23/h4-5,7-8,10-11,13,18,28H,3,6,9,12,15-16H2,1-2H3,(H2,24,25,26).